The maximum absolute atomic E-state index is 6.19. The van der Waals surface area contributed by atoms with Gasteiger partial charge in [0.05, 0.1) is 0 Å². The highest BCUT2D eigenvalue weighted by Gasteiger charge is 2.13. The van der Waals surface area contributed by atoms with Crippen molar-refractivity contribution < 1.29 is 4.42 Å². The van der Waals surface area contributed by atoms with Crippen LogP contribution in [0.3, 0.4) is 0 Å². The van der Waals surface area contributed by atoms with Crippen LogP contribution in [-0.2, 0) is 6.54 Å². The van der Waals surface area contributed by atoms with Crippen LogP contribution in [0.15, 0.2) is 52.9 Å². The molecule has 0 bridgehead atoms. The third-order valence-corrected chi connectivity index (χ3v) is 4.12. The topological polar surface area (TPSA) is 25.2 Å². The van der Waals surface area contributed by atoms with Crippen LogP contribution in [0.2, 0.25) is 10.2 Å². The van der Waals surface area contributed by atoms with Crippen LogP contribution in [-0.4, -0.2) is 0 Å². The predicted octanol–water partition coefficient (Wildman–Crippen LogP) is 5.59. The molecule has 4 heteroatoms. The lowest BCUT2D eigenvalue weighted by Crippen LogP contribution is -2.18. The van der Waals surface area contributed by atoms with Gasteiger partial charge in [0.2, 0.25) is 0 Å². The van der Waals surface area contributed by atoms with E-state index in [0.717, 1.165) is 27.1 Å². The molecule has 0 aliphatic heterocycles. The van der Waals surface area contributed by atoms with Crippen molar-refractivity contribution in [3.8, 4) is 0 Å². The van der Waals surface area contributed by atoms with Crippen molar-refractivity contribution in [3.63, 3.8) is 0 Å². The molecule has 0 aliphatic carbocycles. The van der Waals surface area contributed by atoms with E-state index in [4.69, 9.17) is 27.6 Å². The quantitative estimate of drug-likeness (QED) is 0.678. The fourth-order valence-corrected chi connectivity index (χ4v) is 2.83. The van der Waals surface area contributed by atoms with Crippen molar-refractivity contribution in [1.82, 2.24) is 5.32 Å². The van der Waals surface area contributed by atoms with Gasteiger partial charge in [-0.2, -0.15) is 0 Å². The second-order valence-electron chi connectivity index (χ2n) is 5.01. The highest BCUT2D eigenvalue weighted by Crippen LogP contribution is 2.30. The molecule has 1 atom stereocenters. The number of fused-ring (bicyclic) bond motifs is 1. The molecular weight excluding hydrogens is 305 g/mol. The summed E-state index contributed by atoms with van der Waals surface area (Å²) in [7, 11) is 0. The number of para-hydroxylation sites is 1. The van der Waals surface area contributed by atoms with Crippen LogP contribution in [0.4, 0.5) is 0 Å². The SMILES string of the molecule is C[C@H](NCc1c(Cl)oc2ccccc12)c1cccc(Cl)c1. The number of nitrogens with one attached hydrogen (secondary N) is 1. The molecule has 3 rings (SSSR count). The van der Waals surface area contributed by atoms with Gasteiger partial charge in [-0.05, 0) is 42.3 Å². The molecule has 3 aromatic rings. The average Bonchev–Trinajstić information content (AvgIpc) is 2.80. The van der Waals surface area contributed by atoms with Gasteiger partial charge in [0.25, 0.3) is 0 Å². The van der Waals surface area contributed by atoms with E-state index in [1.165, 1.54) is 0 Å². The van der Waals surface area contributed by atoms with E-state index >= 15 is 0 Å². The van der Waals surface area contributed by atoms with Gasteiger partial charge in [0, 0.05) is 28.6 Å². The second kappa shape index (κ2) is 6.10. The summed E-state index contributed by atoms with van der Waals surface area (Å²) in [4.78, 5) is 0. The summed E-state index contributed by atoms with van der Waals surface area (Å²) in [6, 6.07) is 15.9. The Balaban J connectivity index is 1.79. The largest absolute Gasteiger partial charge is 0.444 e. The molecule has 0 fully saturated rings. The Morgan fingerprint density at radius 2 is 1.90 bits per heavy atom. The zero-order valence-electron chi connectivity index (χ0n) is 11.6. The van der Waals surface area contributed by atoms with Crippen LogP contribution in [0.5, 0.6) is 0 Å². The molecule has 0 saturated heterocycles. The lowest BCUT2D eigenvalue weighted by molar-refractivity contribution is 0.563. The van der Waals surface area contributed by atoms with Crippen molar-refractivity contribution in [3.05, 3.63) is 69.9 Å². The fraction of sp³-hybridized carbons (Fsp3) is 0.176. The molecular formula is C17H15Cl2NO. The number of rotatable bonds is 4. The highest BCUT2D eigenvalue weighted by molar-refractivity contribution is 6.31. The van der Waals surface area contributed by atoms with Gasteiger partial charge >= 0.3 is 0 Å². The smallest absolute Gasteiger partial charge is 0.199 e. The summed E-state index contributed by atoms with van der Waals surface area (Å²) in [5.41, 5.74) is 2.95. The molecule has 108 valence electrons. The number of hydrogen-bond acceptors (Lipinski definition) is 2. The Hall–Kier alpha value is -1.48. The molecule has 0 radical (unpaired) electrons. The molecule has 2 nitrogen and oxygen atoms in total. The van der Waals surface area contributed by atoms with Crippen LogP contribution in [0.1, 0.15) is 24.1 Å². The van der Waals surface area contributed by atoms with Gasteiger partial charge in [-0.25, -0.2) is 0 Å². The zero-order chi connectivity index (χ0) is 14.8. The number of benzene rings is 2. The van der Waals surface area contributed by atoms with Crippen molar-refractivity contribution in [2.75, 3.05) is 0 Å². The minimum atomic E-state index is 0.174. The van der Waals surface area contributed by atoms with E-state index in [1.54, 1.807) is 0 Å². The predicted molar refractivity (Wildman–Crippen MR) is 87.9 cm³/mol. The molecule has 0 aliphatic rings. The van der Waals surface area contributed by atoms with Crippen molar-refractivity contribution >= 4 is 34.2 Å². The monoisotopic (exact) mass is 319 g/mol. The Morgan fingerprint density at radius 3 is 2.71 bits per heavy atom. The zero-order valence-corrected chi connectivity index (χ0v) is 13.1. The molecule has 21 heavy (non-hydrogen) atoms. The fourth-order valence-electron chi connectivity index (χ4n) is 2.38. The first-order valence-corrected chi connectivity index (χ1v) is 7.55. The molecule has 2 aromatic carbocycles. The first-order valence-electron chi connectivity index (χ1n) is 6.80. The molecule has 0 unspecified atom stereocenters. The van der Waals surface area contributed by atoms with Gasteiger partial charge in [-0.15, -0.1) is 0 Å². The maximum atomic E-state index is 6.19. The Bertz CT molecular complexity index is 766. The van der Waals surface area contributed by atoms with E-state index in [0.29, 0.717) is 11.8 Å². The Kier molecular flexibility index (Phi) is 4.20. The normalized spacial score (nSPS) is 12.7. The van der Waals surface area contributed by atoms with E-state index in [2.05, 4.69) is 18.3 Å². The molecule has 0 spiro atoms. The minimum absolute atomic E-state index is 0.174. The standard InChI is InChI=1S/C17H15Cl2NO/c1-11(12-5-4-6-13(18)9-12)20-10-15-14-7-2-3-8-16(14)21-17(15)19/h2-9,11,20H,10H2,1H3/t11-/m0/s1. The summed E-state index contributed by atoms with van der Waals surface area (Å²) in [5, 5.41) is 5.70. The third-order valence-electron chi connectivity index (χ3n) is 3.58. The molecule has 1 heterocycles. The molecule has 0 amide bonds. The van der Waals surface area contributed by atoms with E-state index < -0.39 is 0 Å². The molecule has 0 saturated carbocycles. The summed E-state index contributed by atoms with van der Waals surface area (Å²) >= 11 is 12.2. The number of halogens is 2. The van der Waals surface area contributed by atoms with Gasteiger partial charge < -0.3 is 9.73 Å². The van der Waals surface area contributed by atoms with Gasteiger partial charge in [0.15, 0.2) is 5.22 Å². The number of hydrogen-bond donors (Lipinski definition) is 1. The molecule has 1 aromatic heterocycles. The van der Waals surface area contributed by atoms with Crippen LogP contribution in [0, 0.1) is 0 Å². The second-order valence-corrected chi connectivity index (χ2v) is 5.79. The Morgan fingerprint density at radius 1 is 1.10 bits per heavy atom. The highest BCUT2D eigenvalue weighted by atomic mass is 35.5. The first kappa shape index (κ1) is 14.5. The molecule has 1 N–H and O–H groups in total. The van der Waals surface area contributed by atoms with Crippen LogP contribution < -0.4 is 5.32 Å². The van der Waals surface area contributed by atoms with Crippen LogP contribution in [0.25, 0.3) is 11.0 Å². The maximum Gasteiger partial charge on any atom is 0.199 e. The number of furan rings is 1. The van der Waals surface area contributed by atoms with E-state index in [9.17, 15) is 0 Å². The van der Waals surface area contributed by atoms with Crippen molar-refractivity contribution in [2.24, 2.45) is 0 Å². The van der Waals surface area contributed by atoms with E-state index in [1.807, 2.05) is 42.5 Å². The first-order chi connectivity index (χ1) is 10.1. The summed E-state index contributed by atoms with van der Waals surface area (Å²) in [5.74, 6) is 0. The lowest BCUT2D eigenvalue weighted by Gasteiger charge is -2.14. The van der Waals surface area contributed by atoms with Gasteiger partial charge in [-0.1, -0.05) is 41.9 Å². The summed E-state index contributed by atoms with van der Waals surface area (Å²) < 4.78 is 5.56. The minimum Gasteiger partial charge on any atom is -0.444 e. The lowest BCUT2D eigenvalue weighted by atomic mass is 10.1. The third kappa shape index (κ3) is 3.08. The van der Waals surface area contributed by atoms with Crippen LogP contribution >= 0.6 is 23.2 Å². The van der Waals surface area contributed by atoms with Crippen molar-refractivity contribution in [1.29, 1.82) is 0 Å². The van der Waals surface area contributed by atoms with Crippen molar-refractivity contribution in [2.45, 2.75) is 19.5 Å². The van der Waals surface area contributed by atoms with Gasteiger partial charge in [0.1, 0.15) is 5.58 Å². The average molecular weight is 320 g/mol. The summed E-state index contributed by atoms with van der Waals surface area (Å²) in [6.07, 6.45) is 0. The van der Waals surface area contributed by atoms with Gasteiger partial charge in [-0.3, -0.25) is 0 Å². The van der Waals surface area contributed by atoms with E-state index in [-0.39, 0.29) is 6.04 Å². The Labute approximate surface area is 133 Å². The summed E-state index contributed by atoms with van der Waals surface area (Å²) in [6.45, 7) is 2.74.